The van der Waals surface area contributed by atoms with Crippen LogP contribution in [0.15, 0.2) is 66.0 Å². The molecule has 0 aliphatic heterocycles. The van der Waals surface area contributed by atoms with Crippen LogP contribution in [0.3, 0.4) is 0 Å². The van der Waals surface area contributed by atoms with E-state index in [2.05, 4.69) is 22.0 Å². The number of amides is 1. The van der Waals surface area contributed by atoms with E-state index in [1.54, 1.807) is 29.5 Å². The maximum Gasteiger partial charge on any atom is 0.272 e. The molecule has 3 nitrogen and oxygen atoms in total. The van der Waals surface area contributed by atoms with Crippen LogP contribution < -0.4 is 5.32 Å². The summed E-state index contributed by atoms with van der Waals surface area (Å²) in [6, 6.07) is 19.4. The van der Waals surface area contributed by atoms with Gasteiger partial charge in [-0.3, -0.25) is 4.79 Å². The number of hydrogen-bond donors (Lipinski definition) is 1. The first kappa shape index (κ1) is 18.1. The Labute approximate surface area is 171 Å². The molecule has 1 amide bonds. The van der Waals surface area contributed by atoms with Crippen molar-refractivity contribution in [3.63, 3.8) is 0 Å². The maximum atomic E-state index is 12.9. The Hall–Kier alpha value is -2.27. The molecular weight excluding hydrogens is 399 g/mol. The molecule has 0 aliphatic carbocycles. The summed E-state index contributed by atoms with van der Waals surface area (Å²) in [4.78, 5) is 12.9. The number of hydrogen-bond acceptors (Lipinski definition) is 2. The number of halogens is 2. The summed E-state index contributed by atoms with van der Waals surface area (Å²) in [6.07, 6.45) is 0.846. The zero-order chi connectivity index (χ0) is 18.8. The van der Waals surface area contributed by atoms with Crippen molar-refractivity contribution in [1.82, 2.24) is 4.57 Å². The fourth-order valence-electron chi connectivity index (χ4n) is 3.08. The second-order valence-corrected chi connectivity index (χ2v) is 7.88. The van der Waals surface area contributed by atoms with Gasteiger partial charge in [-0.1, -0.05) is 59.6 Å². The fourth-order valence-corrected chi connectivity index (χ4v) is 4.25. The summed E-state index contributed by atoms with van der Waals surface area (Å²) in [6.45, 7) is 0.719. The van der Waals surface area contributed by atoms with Crippen molar-refractivity contribution >= 4 is 56.3 Å². The number of thiophene rings is 1. The quantitative estimate of drug-likeness (QED) is 0.396. The van der Waals surface area contributed by atoms with Crippen LogP contribution in [-0.2, 0) is 13.0 Å². The highest BCUT2D eigenvalue weighted by molar-refractivity contribution is 7.17. The van der Waals surface area contributed by atoms with Crippen molar-refractivity contribution in [2.24, 2.45) is 0 Å². The lowest BCUT2D eigenvalue weighted by Gasteiger charge is -2.12. The number of fused-ring (bicyclic) bond motifs is 1. The molecule has 27 heavy (non-hydrogen) atoms. The minimum absolute atomic E-state index is 0.198. The average Bonchev–Trinajstić information content (AvgIpc) is 3.26. The Morgan fingerprint density at radius 3 is 2.67 bits per heavy atom. The van der Waals surface area contributed by atoms with E-state index < -0.39 is 0 Å². The molecule has 136 valence electrons. The number of rotatable bonds is 5. The lowest BCUT2D eigenvalue weighted by atomic mass is 10.1. The lowest BCUT2D eigenvalue weighted by Crippen LogP contribution is -2.18. The predicted molar refractivity (Wildman–Crippen MR) is 114 cm³/mol. The zero-order valence-electron chi connectivity index (χ0n) is 14.3. The first-order valence-electron chi connectivity index (χ1n) is 8.49. The smallest absolute Gasteiger partial charge is 0.272 e. The van der Waals surface area contributed by atoms with Crippen LogP contribution in [0.4, 0.5) is 5.69 Å². The molecule has 0 radical (unpaired) electrons. The Bertz CT molecular complexity index is 1100. The number of carbonyl (C=O) groups excluding carboxylic acids is 1. The normalized spacial score (nSPS) is 11.0. The van der Waals surface area contributed by atoms with Crippen molar-refractivity contribution in [2.45, 2.75) is 13.0 Å². The van der Waals surface area contributed by atoms with Gasteiger partial charge in [-0.2, -0.15) is 0 Å². The standard InChI is InChI=1S/C21H16Cl2N2OS/c22-15-7-4-8-16(20(15)23)24-21(26)18-13-19-17(10-12-27-19)25(18)11-9-14-5-2-1-3-6-14/h1-8,10,12-13H,9,11H2,(H,24,26). The van der Waals surface area contributed by atoms with Gasteiger partial charge in [0.1, 0.15) is 5.69 Å². The Kier molecular flexibility index (Phi) is 5.21. The minimum Gasteiger partial charge on any atom is -0.335 e. The molecule has 0 aliphatic rings. The highest BCUT2D eigenvalue weighted by atomic mass is 35.5. The van der Waals surface area contributed by atoms with Crippen LogP contribution in [0.2, 0.25) is 10.0 Å². The van der Waals surface area contributed by atoms with E-state index >= 15 is 0 Å². The van der Waals surface area contributed by atoms with Crippen LogP contribution in [0.1, 0.15) is 16.1 Å². The first-order valence-corrected chi connectivity index (χ1v) is 10.1. The third kappa shape index (κ3) is 3.74. The number of aromatic nitrogens is 1. The Morgan fingerprint density at radius 1 is 1.04 bits per heavy atom. The van der Waals surface area contributed by atoms with E-state index in [1.807, 2.05) is 35.7 Å². The molecule has 0 spiro atoms. The Morgan fingerprint density at radius 2 is 1.85 bits per heavy atom. The van der Waals surface area contributed by atoms with Gasteiger partial charge in [0.2, 0.25) is 0 Å². The summed E-state index contributed by atoms with van der Waals surface area (Å²) < 4.78 is 3.15. The summed E-state index contributed by atoms with van der Waals surface area (Å²) in [5, 5.41) is 5.68. The largest absolute Gasteiger partial charge is 0.335 e. The van der Waals surface area contributed by atoms with Crippen LogP contribution in [0, 0.1) is 0 Å². The third-order valence-corrected chi connectivity index (χ3v) is 6.09. The summed E-state index contributed by atoms with van der Waals surface area (Å²) in [5.41, 5.74) is 3.43. The number of nitrogens with zero attached hydrogens (tertiary/aromatic N) is 1. The van der Waals surface area contributed by atoms with Gasteiger partial charge in [-0.25, -0.2) is 0 Å². The molecule has 0 saturated heterocycles. The number of carbonyl (C=O) groups is 1. The first-order chi connectivity index (χ1) is 13.1. The van der Waals surface area contributed by atoms with Crippen LogP contribution in [0.25, 0.3) is 10.2 Å². The molecule has 2 aromatic heterocycles. The van der Waals surface area contributed by atoms with Gasteiger partial charge in [-0.15, -0.1) is 11.3 Å². The van der Waals surface area contributed by atoms with Crippen LogP contribution in [0.5, 0.6) is 0 Å². The molecular formula is C21H16Cl2N2OS. The maximum absolute atomic E-state index is 12.9. The van der Waals surface area contributed by atoms with Gasteiger partial charge in [0.25, 0.3) is 5.91 Å². The summed E-state index contributed by atoms with van der Waals surface area (Å²) >= 11 is 13.9. The average molecular weight is 415 g/mol. The van der Waals surface area contributed by atoms with Gasteiger partial charge in [0.15, 0.2) is 0 Å². The van der Waals surface area contributed by atoms with E-state index in [1.165, 1.54) is 5.56 Å². The number of anilines is 1. The van der Waals surface area contributed by atoms with Gasteiger partial charge in [0, 0.05) is 6.54 Å². The second kappa shape index (κ2) is 7.77. The molecule has 4 aromatic rings. The van der Waals surface area contributed by atoms with Crippen molar-refractivity contribution in [1.29, 1.82) is 0 Å². The molecule has 0 atom stereocenters. The molecule has 0 bridgehead atoms. The highest BCUT2D eigenvalue weighted by Gasteiger charge is 2.18. The van der Waals surface area contributed by atoms with Gasteiger partial charge >= 0.3 is 0 Å². The van der Waals surface area contributed by atoms with E-state index in [9.17, 15) is 4.79 Å². The number of benzene rings is 2. The zero-order valence-corrected chi connectivity index (χ0v) is 16.6. The SMILES string of the molecule is O=C(Nc1cccc(Cl)c1Cl)c1cc2sccc2n1CCc1ccccc1. The van der Waals surface area contributed by atoms with E-state index in [0.29, 0.717) is 21.4 Å². The molecule has 0 unspecified atom stereocenters. The van der Waals surface area contributed by atoms with Crippen molar-refractivity contribution in [3.8, 4) is 0 Å². The van der Waals surface area contributed by atoms with E-state index in [0.717, 1.165) is 23.2 Å². The van der Waals surface area contributed by atoms with Crippen molar-refractivity contribution in [2.75, 3.05) is 5.32 Å². The second-order valence-electron chi connectivity index (χ2n) is 6.14. The Balaban J connectivity index is 1.63. The van der Waals surface area contributed by atoms with Gasteiger partial charge in [-0.05, 0) is 41.6 Å². The molecule has 6 heteroatoms. The summed E-state index contributed by atoms with van der Waals surface area (Å²) in [7, 11) is 0. The van der Waals surface area contributed by atoms with Crippen LogP contribution >= 0.6 is 34.5 Å². The van der Waals surface area contributed by atoms with E-state index in [-0.39, 0.29) is 5.91 Å². The molecule has 2 aromatic carbocycles. The fraction of sp³-hybridized carbons (Fsp3) is 0.0952. The predicted octanol–water partition coefficient (Wildman–Crippen LogP) is 6.50. The van der Waals surface area contributed by atoms with E-state index in [4.69, 9.17) is 23.2 Å². The number of aryl methyl sites for hydroxylation is 2. The number of nitrogens with one attached hydrogen (secondary N) is 1. The molecule has 1 N–H and O–H groups in total. The highest BCUT2D eigenvalue weighted by Crippen LogP contribution is 2.31. The monoisotopic (exact) mass is 414 g/mol. The summed E-state index contributed by atoms with van der Waals surface area (Å²) in [5.74, 6) is -0.198. The third-order valence-electron chi connectivity index (χ3n) is 4.42. The van der Waals surface area contributed by atoms with Crippen molar-refractivity contribution in [3.05, 3.63) is 87.3 Å². The molecule has 0 saturated carbocycles. The van der Waals surface area contributed by atoms with Crippen LogP contribution in [-0.4, -0.2) is 10.5 Å². The molecule has 4 rings (SSSR count). The minimum atomic E-state index is -0.198. The van der Waals surface area contributed by atoms with Crippen molar-refractivity contribution < 1.29 is 4.79 Å². The topological polar surface area (TPSA) is 34.0 Å². The van der Waals surface area contributed by atoms with Gasteiger partial charge in [0.05, 0.1) is 25.9 Å². The molecule has 0 fully saturated rings. The lowest BCUT2D eigenvalue weighted by molar-refractivity contribution is 0.101. The molecule has 2 heterocycles. The van der Waals surface area contributed by atoms with Gasteiger partial charge < -0.3 is 9.88 Å².